The fourth-order valence-corrected chi connectivity index (χ4v) is 3.86. The summed E-state index contributed by atoms with van der Waals surface area (Å²) in [6.07, 6.45) is 2.16. The molecule has 3 rings (SSSR count). The van der Waals surface area contributed by atoms with Gasteiger partial charge in [0, 0.05) is 31.3 Å². The lowest BCUT2D eigenvalue weighted by molar-refractivity contribution is 0.0934. The number of thiophene rings is 1. The molecular formula is C19H23FN2O2S. The Hall–Kier alpha value is -1.92. The molecule has 1 fully saturated rings. The third-order valence-corrected chi connectivity index (χ3v) is 5.42. The number of amides is 1. The van der Waals surface area contributed by atoms with Crippen molar-refractivity contribution < 1.29 is 13.9 Å². The van der Waals surface area contributed by atoms with E-state index in [-0.39, 0.29) is 11.7 Å². The first kappa shape index (κ1) is 17.9. The zero-order valence-electron chi connectivity index (χ0n) is 14.3. The van der Waals surface area contributed by atoms with Gasteiger partial charge in [-0.25, -0.2) is 4.39 Å². The Morgan fingerprint density at radius 3 is 3.04 bits per heavy atom. The zero-order valence-corrected chi connectivity index (χ0v) is 15.2. The van der Waals surface area contributed by atoms with E-state index in [0.29, 0.717) is 30.3 Å². The Kier molecular flexibility index (Phi) is 6.04. The molecule has 1 atom stereocenters. The van der Waals surface area contributed by atoms with Crippen molar-refractivity contribution in [1.29, 1.82) is 0 Å². The number of ether oxygens (including phenoxy) is 1. The Labute approximate surface area is 151 Å². The maximum Gasteiger partial charge on any atom is 0.261 e. The van der Waals surface area contributed by atoms with Crippen molar-refractivity contribution in [3.05, 3.63) is 52.0 Å². The van der Waals surface area contributed by atoms with Gasteiger partial charge in [-0.05, 0) is 42.8 Å². The van der Waals surface area contributed by atoms with E-state index < -0.39 is 0 Å². The highest BCUT2D eigenvalue weighted by Crippen LogP contribution is 2.22. The number of likely N-dealkylation sites (tertiary alicyclic amines) is 1. The molecule has 1 amide bonds. The lowest BCUT2D eigenvalue weighted by Crippen LogP contribution is -2.40. The molecule has 0 saturated carbocycles. The van der Waals surface area contributed by atoms with Crippen LogP contribution in [0.3, 0.4) is 0 Å². The maximum absolute atomic E-state index is 14.1. The van der Waals surface area contributed by atoms with E-state index in [1.165, 1.54) is 24.5 Å². The van der Waals surface area contributed by atoms with Gasteiger partial charge in [-0.3, -0.25) is 9.69 Å². The topological polar surface area (TPSA) is 41.6 Å². The van der Waals surface area contributed by atoms with Gasteiger partial charge < -0.3 is 10.1 Å². The normalized spacial score (nSPS) is 18.1. The second kappa shape index (κ2) is 8.45. The van der Waals surface area contributed by atoms with Crippen molar-refractivity contribution in [3.63, 3.8) is 0 Å². The van der Waals surface area contributed by atoms with Crippen molar-refractivity contribution in [1.82, 2.24) is 10.2 Å². The van der Waals surface area contributed by atoms with E-state index in [9.17, 15) is 9.18 Å². The predicted octanol–water partition coefficient (Wildman–Crippen LogP) is 3.54. The largest absolute Gasteiger partial charge is 0.497 e. The zero-order chi connectivity index (χ0) is 17.6. The average Bonchev–Trinajstić information content (AvgIpc) is 3.16. The van der Waals surface area contributed by atoms with Crippen LogP contribution in [0.1, 0.15) is 28.1 Å². The van der Waals surface area contributed by atoms with Crippen LogP contribution in [-0.2, 0) is 6.54 Å². The summed E-state index contributed by atoms with van der Waals surface area (Å²) in [7, 11) is 1.54. The second-order valence-corrected chi connectivity index (χ2v) is 7.34. The minimum atomic E-state index is -0.229. The van der Waals surface area contributed by atoms with E-state index >= 15 is 0 Å². The highest BCUT2D eigenvalue weighted by molar-refractivity contribution is 7.12. The van der Waals surface area contributed by atoms with Gasteiger partial charge in [0.15, 0.2) is 0 Å². The molecule has 2 aromatic rings. The number of halogens is 1. The van der Waals surface area contributed by atoms with Gasteiger partial charge in [-0.1, -0.05) is 12.1 Å². The SMILES string of the molecule is COc1ccc(CN2CCC[C@H](CNC(=O)c3cccs3)C2)c(F)c1. The smallest absolute Gasteiger partial charge is 0.261 e. The molecule has 1 aromatic carbocycles. The third kappa shape index (κ3) is 4.80. The van der Waals surface area contributed by atoms with Crippen molar-refractivity contribution in [2.75, 3.05) is 26.7 Å². The van der Waals surface area contributed by atoms with E-state index in [0.717, 1.165) is 30.8 Å². The van der Waals surface area contributed by atoms with Crippen molar-refractivity contribution in [2.45, 2.75) is 19.4 Å². The Morgan fingerprint density at radius 1 is 1.44 bits per heavy atom. The van der Waals surface area contributed by atoms with Gasteiger partial charge in [-0.2, -0.15) is 0 Å². The van der Waals surface area contributed by atoms with Crippen LogP contribution in [0.2, 0.25) is 0 Å². The van der Waals surface area contributed by atoms with Gasteiger partial charge in [0.1, 0.15) is 11.6 Å². The molecule has 0 spiro atoms. The van der Waals surface area contributed by atoms with Crippen molar-refractivity contribution in [3.8, 4) is 5.75 Å². The molecular weight excluding hydrogens is 339 g/mol. The van der Waals surface area contributed by atoms with Crippen LogP contribution in [0.25, 0.3) is 0 Å². The summed E-state index contributed by atoms with van der Waals surface area (Å²) in [4.78, 5) is 15.1. The Bertz CT molecular complexity index is 705. The molecule has 4 nitrogen and oxygen atoms in total. The van der Waals surface area contributed by atoms with Crippen molar-refractivity contribution in [2.24, 2.45) is 5.92 Å². The number of hydrogen-bond acceptors (Lipinski definition) is 4. The lowest BCUT2D eigenvalue weighted by atomic mass is 9.97. The number of nitrogens with zero attached hydrogens (tertiary/aromatic N) is 1. The molecule has 1 N–H and O–H groups in total. The van der Waals surface area contributed by atoms with Crippen LogP contribution in [0.15, 0.2) is 35.7 Å². The molecule has 1 saturated heterocycles. The molecule has 0 bridgehead atoms. The molecule has 0 unspecified atom stereocenters. The van der Waals surface area contributed by atoms with Crippen LogP contribution >= 0.6 is 11.3 Å². The van der Waals surface area contributed by atoms with Gasteiger partial charge in [0.25, 0.3) is 5.91 Å². The van der Waals surface area contributed by atoms with Crippen LogP contribution in [0.4, 0.5) is 4.39 Å². The first-order chi connectivity index (χ1) is 12.2. The van der Waals surface area contributed by atoms with Gasteiger partial charge in [0.05, 0.1) is 12.0 Å². The lowest BCUT2D eigenvalue weighted by Gasteiger charge is -2.33. The number of rotatable bonds is 6. The molecule has 1 aromatic heterocycles. The van der Waals surface area contributed by atoms with E-state index in [1.807, 2.05) is 17.5 Å². The fraction of sp³-hybridized carbons (Fsp3) is 0.421. The molecule has 0 radical (unpaired) electrons. The number of hydrogen-bond donors (Lipinski definition) is 1. The summed E-state index contributed by atoms with van der Waals surface area (Å²) >= 11 is 1.45. The third-order valence-electron chi connectivity index (χ3n) is 4.55. The van der Waals surface area contributed by atoms with Crippen LogP contribution in [0, 0.1) is 11.7 Å². The van der Waals surface area contributed by atoms with Gasteiger partial charge >= 0.3 is 0 Å². The Morgan fingerprint density at radius 2 is 2.32 bits per heavy atom. The van der Waals surface area contributed by atoms with Crippen molar-refractivity contribution >= 4 is 17.2 Å². The molecule has 0 aliphatic carbocycles. The Balaban J connectivity index is 1.52. The number of carbonyl (C=O) groups is 1. The first-order valence-electron chi connectivity index (χ1n) is 8.52. The van der Waals surface area contributed by atoms with E-state index in [4.69, 9.17) is 4.74 Å². The average molecular weight is 362 g/mol. The number of nitrogens with one attached hydrogen (secondary N) is 1. The number of carbonyl (C=O) groups excluding carboxylic acids is 1. The number of piperidine rings is 1. The molecule has 2 heterocycles. The summed E-state index contributed by atoms with van der Waals surface area (Å²) in [6, 6.07) is 8.72. The van der Waals surface area contributed by atoms with Crippen LogP contribution in [0.5, 0.6) is 5.75 Å². The number of methoxy groups -OCH3 is 1. The van der Waals surface area contributed by atoms with Crippen LogP contribution < -0.4 is 10.1 Å². The minimum absolute atomic E-state index is 0.00618. The quantitative estimate of drug-likeness (QED) is 0.855. The standard InChI is InChI=1S/C19H23FN2O2S/c1-24-16-7-6-15(17(20)10-16)13-22-8-2-4-14(12-22)11-21-19(23)18-5-3-9-25-18/h3,5-7,9-10,14H,2,4,8,11-13H2,1H3,(H,21,23)/t14-/m1/s1. The van der Waals surface area contributed by atoms with Gasteiger partial charge in [-0.15, -0.1) is 11.3 Å². The monoisotopic (exact) mass is 362 g/mol. The molecule has 25 heavy (non-hydrogen) atoms. The summed E-state index contributed by atoms with van der Waals surface area (Å²) in [5.41, 5.74) is 0.684. The van der Waals surface area contributed by atoms with Crippen LogP contribution in [-0.4, -0.2) is 37.6 Å². The highest BCUT2D eigenvalue weighted by Gasteiger charge is 2.21. The maximum atomic E-state index is 14.1. The molecule has 1 aliphatic heterocycles. The summed E-state index contributed by atoms with van der Waals surface area (Å²) < 4.78 is 19.2. The van der Waals surface area contributed by atoms with E-state index in [2.05, 4.69) is 10.2 Å². The predicted molar refractivity (Wildman–Crippen MR) is 97.6 cm³/mol. The molecule has 1 aliphatic rings. The highest BCUT2D eigenvalue weighted by atomic mass is 32.1. The fourth-order valence-electron chi connectivity index (χ4n) is 3.22. The number of benzene rings is 1. The van der Waals surface area contributed by atoms with Gasteiger partial charge in [0.2, 0.25) is 0 Å². The molecule has 134 valence electrons. The summed E-state index contributed by atoms with van der Waals surface area (Å²) in [6.45, 7) is 3.08. The summed E-state index contributed by atoms with van der Waals surface area (Å²) in [5.74, 6) is 0.703. The first-order valence-corrected chi connectivity index (χ1v) is 9.40. The summed E-state index contributed by atoms with van der Waals surface area (Å²) in [5, 5.41) is 4.92. The van der Waals surface area contributed by atoms with E-state index in [1.54, 1.807) is 12.1 Å². The molecule has 6 heteroatoms. The minimum Gasteiger partial charge on any atom is -0.497 e. The second-order valence-electron chi connectivity index (χ2n) is 6.39.